The smallest absolute Gasteiger partial charge is 0.242 e. The van der Waals surface area contributed by atoms with Crippen molar-refractivity contribution in [2.75, 3.05) is 19.6 Å². The second-order valence-corrected chi connectivity index (χ2v) is 6.43. The molecule has 0 bridgehead atoms. The van der Waals surface area contributed by atoms with E-state index in [0.717, 1.165) is 31.6 Å². The molecule has 1 fully saturated rings. The van der Waals surface area contributed by atoms with Crippen LogP contribution in [0.5, 0.6) is 0 Å². The van der Waals surface area contributed by atoms with E-state index in [9.17, 15) is 12.8 Å². The summed E-state index contributed by atoms with van der Waals surface area (Å²) in [4.78, 5) is -0.213. The maximum atomic E-state index is 13.1. The van der Waals surface area contributed by atoms with E-state index in [2.05, 4.69) is 10.0 Å². The molecule has 1 atom stereocenters. The molecule has 1 aromatic rings. The Morgan fingerprint density at radius 1 is 1.47 bits per heavy atom. The number of nitrogens with one attached hydrogen (secondary N) is 2. The number of benzene rings is 1. The molecule has 1 unspecified atom stereocenters. The molecule has 0 radical (unpaired) electrons. The van der Waals surface area contributed by atoms with Crippen molar-refractivity contribution in [3.63, 3.8) is 0 Å². The average Bonchev–Trinajstić information content (AvgIpc) is 2.83. The first-order chi connectivity index (χ1) is 8.49. The summed E-state index contributed by atoms with van der Waals surface area (Å²) in [5, 5.41) is 3.17. The third-order valence-electron chi connectivity index (χ3n) is 2.91. The van der Waals surface area contributed by atoms with Crippen molar-refractivity contribution < 1.29 is 12.8 Å². The number of hydrogen-bond acceptors (Lipinski definition) is 3. The van der Waals surface area contributed by atoms with Gasteiger partial charge >= 0.3 is 0 Å². The van der Waals surface area contributed by atoms with Gasteiger partial charge in [0.2, 0.25) is 10.0 Å². The molecule has 0 aromatic heterocycles. The molecular weight excluding hydrogens is 314 g/mol. The topological polar surface area (TPSA) is 58.2 Å². The van der Waals surface area contributed by atoms with Gasteiger partial charge in [0.25, 0.3) is 0 Å². The van der Waals surface area contributed by atoms with Crippen molar-refractivity contribution in [2.45, 2.75) is 11.3 Å². The van der Waals surface area contributed by atoms with Crippen molar-refractivity contribution >= 4 is 34.0 Å². The molecule has 0 saturated carbocycles. The van der Waals surface area contributed by atoms with Crippen LogP contribution >= 0.6 is 24.0 Å². The molecule has 4 nitrogen and oxygen atoms in total. The van der Waals surface area contributed by atoms with E-state index in [1.807, 2.05) is 0 Å². The summed E-state index contributed by atoms with van der Waals surface area (Å²) in [6.07, 6.45) is 0.930. The molecule has 19 heavy (non-hydrogen) atoms. The van der Waals surface area contributed by atoms with Gasteiger partial charge in [-0.05, 0) is 43.6 Å². The molecule has 108 valence electrons. The van der Waals surface area contributed by atoms with Gasteiger partial charge in [0.1, 0.15) is 10.7 Å². The van der Waals surface area contributed by atoms with E-state index in [4.69, 9.17) is 11.6 Å². The highest BCUT2D eigenvalue weighted by atomic mass is 35.5. The molecule has 0 spiro atoms. The van der Waals surface area contributed by atoms with E-state index in [1.165, 1.54) is 6.07 Å². The van der Waals surface area contributed by atoms with Crippen LogP contribution in [0.3, 0.4) is 0 Å². The molecule has 8 heteroatoms. The molecular formula is C11H15Cl2FN2O2S. The largest absolute Gasteiger partial charge is 0.316 e. The minimum absolute atomic E-state index is 0. The first-order valence-corrected chi connectivity index (χ1v) is 7.50. The fourth-order valence-electron chi connectivity index (χ4n) is 1.88. The van der Waals surface area contributed by atoms with Gasteiger partial charge in [-0.15, -0.1) is 12.4 Å². The van der Waals surface area contributed by atoms with Gasteiger partial charge in [-0.2, -0.15) is 0 Å². The van der Waals surface area contributed by atoms with Crippen LogP contribution < -0.4 is 10.0 Å². The Labute approximate surface area is 123 Å². The second kappa shape index (κ2) is 6.85. The van der Waals surface area contributed by atoms with Crippen molar-refractivity contribution in [3.05, 3.63) is 29.0 Å². The van der Waals surface area contributed by atoms with E-state index in [1.54, 1.807) is 0 Å². The Balaban J connectivity index is 0.00000180. The minimum Gasteiger partial charge on any atom is -0.316 e. The summed E-state index contributed by atoms with van der Waals surface area (Å²) in [6, 6.07) is 3.29. The van der Waals surface area contributed by atoms with E-state index in [0.29, 0.717) is 6.54 Å². The van der Waals surface area contributed by atoms with Gasteiger partial charge in [0.15, 0.2) is 0 Å². The van der Waals surface area contributed by atoms with Gasteiger partial charge in [-0.1, -0.05) is 11.6 Å². The van der Waals surface area contributed by atoms with Crippen LogP contribution in [0.4, 0.5) is 4.39 Å². The summed E-state index contributed by atoms with van der Waals surface area (Å²) >= 11 is 5.78. The fraction of sp³-hybridized carbons (Fsp3) is 0.455. The lowest BCUT2D eigenvalue weighted by Gasteiger charge is -2.11. The molecule has 1 aliphatic heterocycles. The van der Waals surface area contributed by atoms with Crippen LogP contribution in [-0.4, -0.2) is 28.1 Å². The molecule has 2 N–H and O–H groups in total. The van der Waals surface area contributed by atoms with Crippen LogP contribution in [-0.2, 0) is 10.0 Å². The van der Waals surface area contributed by atoms with Crippen LogP contribution in [0.2, 0.25) is 5.02 Å². The lowest BCUT2D eigenvalue weighted by Crippen LogP contribution is -2.30. The summed E-state index contributed by atoms with van der Waals surface area (Å²) in [5.74, 6) is -0.352. The van der Waals surface area contributed by atoms with Gasteiger partial charge < -0.3 is 5.32 Å². The van der Waals surface area contributed by atoms with Crippen molar-refractivity contribution in [1.29, 1.82) is 0 Å². The maximum absolute atomic E-state index is 13.1. The molecule has 0 amide bonds. The van der Waals surface area contributed by atoms with Gasteiger partial charge in [0.05, 0.1) is 5.02 Å². The monoisotopic (exact) mass is 328 g/mol. The standard InChI is InChI=1S/C11H14ClFN2O2S.ClH/c12-10-2-1-9(13)5-11(10)18(16,17)15-7-8-3-4-14-6-8;/h1-2,5,8,14-15H,3-4,6-7H2;1H. The van der Waals surface area contributed by atoms with Gasteiger partial charge in [-0.25, -0.2) is 17.5 Å². The number of sulfonamides is 1. The summed E-state index contributed by atoms with van der Waals surface area (Å²) in [5.41, 5.74) is 0. The van der Waals surface area contributed by atoms with Crippen LogP contribution in [0.1, 0.15) is 6.42 Å². The Kier molecular flexibility index (Phi) is 6.01. The van der Waals surface area contributed by atoms with Crippen LogP contribution in [0, 0.1) is 11.7 Å². The van der Waals surface area contributed by atoms with Crippen molar-refractivity contribution in [1.82, 2.24) is 10.0 Å². The predicted octanol–water partition coefficient (Wildman–Crippen LogP) is 1.79. The predicted molar refractivity (Wildman–Crippen MR) is 74.8 cm³/mol. The second-order valence-electron chi connectivity index (χ2n) is 4.29. The molecule has 0 aliphatic carbocycles. The normalized spacial score (nSPS) is 19.2. The first kappa shape index (κ1) is 16.7. The molecule has 2 rings (SSSR count). The SMILES string of the molecule is Cl.O=S(=O)(NCC1CCNC1)c1cc(F)ccc1Cl. The Morgan fingerprint density at radius 2 is 2.21 bits per heavy atom. The van der Waals surface area contributed by atoms with E-state index >= 15 is 0 Å². The number of hydrogen-bond donors (Lipinski definition) is 2. The third kappa shape index (κ3) is 4.29. The molecule has 1 heterocycles. The summed E-state index contributed by atoms with van der Waals surface area (Å²) < 4.78 is 39.5. The van der Waals surface area contributed by atoms with Crippen molar-refractivity contribution in [3.8, 4) is 0 Å². The highest BCUT2D eigenvalue weighted by Gasteiger charge is 2.21. The lowest BCUT2D eigenvalue weighted by molar-refractivity contribution is 0.537. The van der Waals surface area contributed by atoms with Crippen molar-refractivity contribution in [2.24, 2.45) is 5.92 Å². The van der Waals surface area contributed by atoms with Gasteiger partial charge in [0, 0.05) is 6.54 Å². The van der Waals surface area contributed by atoms with E-state index in [-0.39, 0.29) is 28.2 Å². The summed E-state index contributed by atoms with van der Waals surface area (Å²) in [6.45, 7) is 2.02. The highest BCUT2D eigenvalue weighted by Crippen LogP contribution is 2.22. The molecule has 1 aromatic carbocycles. The quantitative estimate of drug-likeness (QED) is 0.885. The third-order valence-corrected chi connectivity index (χ3v) is 4.81. The number of halogens is 3. The van der Waals surface area contributed by atoms with E-state index < -0.39 is 15.8 Å². The van der Waals surface area contributed by atoms with Crippen LogP contribution in [0.15, 0.2) is 23.1 Å². The maximum Gasteiger partial charge on any atom is 0.242 e. The lowest BCUT2D eigenvalue weighted by atomic mass is 10.1. The Bertz CT molecular complexity index is 533. The molecule has 1 aliphatic rings. The summed E-state index contributed by atoms with van der Waals surface area (Å²) in [7, 11) is -3.75. The zero-order valence-electron chi connectivity index (χ0n) is 10.0. The number of rotatable bonds is 4. The zero-order valence-corrected chi connectivity index (χ0v) is 12.4. The first-order valence-electron chi connectivity index (χ1n) is 5.64. The zero-order chi connectivity index (χ0) is 13.2. The van der Waals surface area contributed by atoms with Crippen LogP contribution in [0.25, 0.3) is 0 Å². The fourth-order valence-corrected chi connectivity index (χ4v) is 3.50. The minimum atomic E-state index is -3.75. The van der Waals surface area contributed by atoms with Gasteiger partial charge in [-0.3, -0.25) is 0 Å². The average molecular weight is 329 g/mol. The molecule has 1 saturated heterocycles. The Hall–Kier alpha value is -0.400. The highest BCUT2D eigenvalue weighted by molar-refractivity contribution is 7.89. The Morgan fingerprint density at radius 3 is 2.84 bits per heavy atom.